The molecular weight excluding hydrogens is 240 g/mol. The fourth-order valence-corrected chi connectivity index (χ4v) is 2.38. The average Bonchev–Trinajstić information content (AvgIpc) is 2.30. The summed E-state index contributed by atoms with van der Waals surface area (Å²) >= 11 is 0. The van der Waals surface area contributed by atoms with Crippen LogP contribution >= 0.6 is 0 Å². The van der Waals surface area contributed by atoms with Gasteiger partial charge in [-0.05, 0) is 32.9 Å². The average molecular weight is 270 g/mol. The standard InChI is InChI=1S/C14H30N4O/c1-11(2)13(9-17(3)4)16-14(19)10-18-7-5-12(15)6-8-18/h11-13H,5-10,15H2,1-4H3,(H,16,19). The molecule has 0 aromatic heterocycles. The van der Waals surface area contributed by atoms with Crippen LogP contribution in [-0.4, -0.2) is 68.1 Å². The number of nitrogens with zero attached hydrogens (tertiary/aromatic N) is 2. The molecule has 19 heavy (non-hydrogen) atoms. The Morgan fingerprint density at radius 2 is 1.95 bits per heavy atom. The molecule has 0 aromatic carbocycles. The smallest absolute Gasteiger partial charge is 0.234 e. The van der Waals surface area contributed by atoms with Crippen LogP contribution in [0, 0.1) is 5.92 Å². The minimum absolute atomic E-state index is 0.135. The molecule has 1 atom stereocenters. The van der Waals surface area contributed by atoms with Crippen molar-refractivity contribution in [2.45, 2.75) is 38.8 Å². The molecule has 0 saturated carbocycles. The molecule has 1 aliphatic rings. The number of nitrogens with two attached hydrogens (primary N) is 1. The zero-order chi connectivity index (χ0) is 14.4. The summed E-state index contributed by atoms with van der Waals surface area (Å²) in [5, 5.41) is 3.15. The van der Waals surface area contributed by atoms with E-state index < -0.39 is 0 Å². The van der Waals surface area contributed by atoms with Gasteiger partial charge in [-0.3, -0.25) is 9.69 Å². The van der Waals surface area contributed by atoms with Gasteiger partial charge in [0.05, 0.1) is 6.54 Å². The molecule has 0 radical (unpaired) electrons. The highest BCUT2D eigenvalue weighted by Gasteiger charge is 2.21. The maximum absolute atomic E-state index is 12.1. The lowest BCUT2D eigenvalue weighted by Crippen LogP contribution is -2.50. The number of rotatable bonds is 6. The van der Waals surface area contributed by atoms with Crippen molar-refractivity contribution in [1.29, 1.82) is 0 Å². The van der Waals surface area contributed by atoms with E-state index in [0.717, 1.165) is 32.5 Å². The topological polar surface area (TPSA) is 61.6 Å². The normalized spacial score (nSPS) is 19.9. The first-order valence-electron chi connectivity index (χ1n) is 7.30. The summed E-state index contributed by atoms with van der Waals surface area (Å²) in [4.78, 5) is 16.4. The number of nitrogens with one attached hydrogen (secondary N) is 1. The highest BCUT2D eigenvalue weighted by atomic mass is 16.2. The Bertz CT molecular complexity index is 273. The van der Waals surface area contributed by atoms with E-state index >= 15 is 0 Å². The highest BCUT2D eigenvalue weighted by molar-refractivity contribution is 5.78. The Morgan fingerprint density at radius 1 is 1.37 bits per heavy atom. The van der Waals surface area contributed by atoms with Crippen LogP contribution in [-0.2, 0) is 4.79 Å². The number of amides is 1. The van der Waals surface area contributed by atoms with E-state index in [0.29, 0.717) is 18.5 Å². The molecule has 0 bridgehead atoms. The fraction of sp³-hybridized carbons (Fsp3) is 0.929. The molecule has 112 valence electrons. The van der Waals surface area contributed by atoms with Crippen molar-refractivity contribution in [3.05, 3.63) is 0 Å². The number of hydrogen-bond acceptors (Lipinski definition) is 4. The molecule has 1 heterocycles. The van der Waals surface area contributed by atoms with Crippen LogP contribution in [0.15, 0.2) is 0 Å². The SMILES string of the molecule is CC(C)C(CN(C)C)NC(=O)CN1CCC(N)CC1. The van der Waals surface area contributed by atoms with Gasteiger partial charge in [0.1, 0.15) is 0 Å². The third kappa shape index (κ3) is 6.36. The zero-order valence-corrected chi connectivity index (χ0v) is 12.9. The minimum Gasteiger partial charge on any atom is -0.351 e. The van der Waals surface area contributed by atoms with Crippen LogP contribution in [0.1, 0.15) is 26.7 Å². The largest absolute Gasteiger partial charge is 0.351 e. The second kappa shape index (κ2) is 7.82. The van der Waals surface area contributed by atoms with Crippen molar-refractivity contribution in [1.82, 2.24) is 15.1 Å². The second-order valence-electron chi connectivity index (χ2n) is 6.29. The predicted octanol–water partition coefficient (Wildman–Crippen LogP) is 0.112. The zero-order valence-electron chi connectivity index (χ0n) is 12.9. The summed E-state index contributed by atoms with van der Waals surface area (Å²) < 4.78 is 0. The van der Waals surface area contributed by atoms with Crippen LogP contribution < -0.4 is 11.1 Å². The molecule has 1 saturated heterocycles. The van der Waals surface area contributed by atoms with Gasteiger partial charge in [0, 0.05) is 31.7 Å². The molecule has 1 fully saturated rings. The Kier molecular flexibility index (Phi) is 6.75. The van der Waals surface area contributed by atoms with E-state index in [1.165, 1.54) is 0 Å². The Hall–Kier alpha value is -0.650. The van der Waals surface area contributed by atoms with Crippen molar-refractivity contribution in [3.63, 3.8) is 0 Å². The van der Waals surface area contributed by atoms with Gasteiger partial charge in [-0.1, -0.05) is 13.8 Å². The quantitative estimate of drug-likeness (QED) is 0.719. The maximum atomic E-state index is 12.1. The van der Waals surface area contributed by atoms with Crippen LogP contribution in [0.4, 0.5) is 0 Å². The molecule has 0 aromatic rings. The third-order valence-electron chi connectivity index (χ3n) is 3.71. The van der Waals surface area contributed by atoms with Crippen LogP contribution in [0.2, 0.25) is 0 Å². The molecule has 1 amide bonds. The van der Waals surface area contributed by atoms with Gasteiger partial charge in [-0.25, -0.2) is 0 Å². The summed E-state index contributed by atoms with van der Waals surface area (Å²) in [6.07, 6.45) is 2.00. The molecule has 1 aliphatic heterocycles. The second-order valence-corrected chi connectivity index (χ2v) is 6.29. The van der Waals surface area contributed by atoms with Gasteiger partial charge in [0.25, 0.3) is 0 Å². The molecular formula is C14H30N4O. The van der Waals surface area contributed by atoms with E-state index in [1.807, 2.05) is 14.1 Å². The molecule has 1 unspecified atom stereocenters. The van der Waals surface area contributed by atoms with Crippen LogP contribution in [0.3, 0.4) is 0 Å². The van der Waals surface area contributed by atoms with Crippen molar-refractivity contribution in [3.8, 4) is 0 Å². The van der Waals surface area contributed by atoms with Gasteiger partial charge >= 0.3 is 0 Å². The van der Waals surface area contributed by atoms with Gasteiger partial charge in [-0.15, -0.1) is 0 Å². The minimum atomic E-state index is 0.135. The Morgan fingerprint density at radius 3 is 2.42 bits per heavy atom. The number of carbonyl (C=O) groups excluding carboxylic acids is 1. The van der Waals surface area contributed by atoms with Crippen molar-refractivity contribution >= 4 is 5.91 Å². The molecule has 5 heteroatoms. The van der Waals surface area contributed by atoms with Gasteiger partial charge in [0.2, 0.25) is 5.91 Å². The summed E-state index contributed by atoms with van der Waals surface area (Å²) in [6.45, 7) is 7.56. The maximum Gasteiger partial charge on any atom is 0.234 e. The van der Waals surface area contributed by atoms with E-state index in [9.17, 15) is 4.79 Å². The lowest BCUT2D eigenvalue weighted by molar-refractivity contribution is -0.123. The molecule has 1 rings (SSSR count). The monoisotopic (exact) mass is 270 g/mol. The number of hydrogen-bond donors (Lipinski definition) is 2. The van der Waals surface area contributed by atoms with E-state index in [1.54, 1.807) is 0 Å². The first-order chi connectivity index (χ1) is 8.88. The van der Waals surface area contributed by atoms with Gasteiger partial charge in [0.15, 0.2) is 0 Å². The number of likely N-dealkylation sites (N-methyl/N-ethyl adjacent to an activating group) is 1. The Balaban J connectivity index is 2.35. The summed E-state index contributed by atoms with van der Waals surface area (Å²) in [5.41, 5.74) is 5.87. The third-order valence-corrected chi connectivity index (χ3v) is 3.71. The predicted molar refractivity (Wildman–Crippen MR) is 79.0 cm³/mol. The first kappa shape index (κ1) is 16.4. The molecule has 0 aliphatic carbocycles. The lowest BCUT2D eigenvalue weighted by Gasteiger charge is -2.31. The van der Waals surface area contributed by atoms with E-state index in [2.05, 4.69) is 29.0 Å². The van der Waals surface area contributed by atoms with Crippen LogP contribution in [0.25, 0.3) is 0 Å². The van der Waals surface area contributed by atoms with Gasteiger partial charge in [-0.2, -0.15) is 0 Å². The van der Waals surface area contributed by atoms with E-state index in [-0.39, 0.29) is 11.9 Å². The molecule has 3 N–H and O–H groups in total. The van der Waals surface area contributed by atoms with Crippen molar-refractivity contribution < 1.29 is 4.79 Å². The Labute approximate surface area is 117 Å². The molecule has 0 spiro atoms. The number of likely N-dealkylation sites (tertiary alicyclic amines) is 1. The number of piperidine rings is 1. The first-order valence-corrected chi connectivity index (χ1v) is 7.30. The van der Waals surface area contributed by atoms with Crippen molar-refractivity contribution in [2.75, 3.05) is 40.3 Å². The summed E-state index contributed by atoms with van der Waals surface area (Å²) in [5.74, 6) is 0.581. The fourth-order valence-electron chi connectivity index (χ4n) is 2.38. The number of carbonyl (C=O) groups is 1. The van der Waals surface area contributed by atoms with E-state index in [4.69, 9.17) is 5.73 Å². The lowest BCUT2D eigenvalue weighted by atomic mass is 10.0. The highest BCUT2D eigenvalue weighted by Crippen LogP contribution is 2.08. The summed E-state index contributed by atoms with van der Waals surface area (Å²) in [6, 6.07) is 0.533. The molecule has 5 nitrogen and oxygen atoms in total. The summed E-state index contributed by atoms with van der Waals surface area (Å²) in [7, 11) is 4.07. The van der Waals surface area contributed by atoms with Gasteiger partial charge < -0.3 is 16.0 Å². The van der Waals surface area contributed by atoms with Crippen molar-refractivity contribution in [2.24, 2.45) is 11.7 Å². The van der Waals surface area contributed by atoms with Crippen LogP contribution in [0.5, 0.6) is 0 Å².